The van der Waals surface area contributed by atoms with Crippen molar-refractivity contribution in [1.82, 2.24) is 0 Å². The van der Waals surface area contributed by atoms with Gasteiger partial charge in [0.05, 0.1) is 20.3 Å². The zero-order chi connectivity index (χ0) is 29.2. The minimum Gasteiger partial charge on any atom is -0.497 e. The number of hydrogen-bond acceptors (Lipinski definition) is 6. The number of nitrogens with zero attached hydrogens (tertiary/aromatic N) is 1. The van der Waals surface area contributed by atoms with Gasteiger partial charge in [0.25, 0.3) is 0 Å². The summed E-state index contributed by atoms with van der Waals surface area (Å²) in [5.74, 6) is -0.598. The molecule has 6 nitrogen and oxygen atoms in total. The molecule has 0 N–H and O–H groups in total. The summed E-state index contributed by atoms with van der Waals surface area (Å²) in [6.07, 6.45) is 3.88. The number of ketones is 3. The zero-order valence-electron chi connectivity index (χ0n) is 23.5. The molecule has 6 heteroatoms. The van der Waals surface area contributed by atoms with Crippen LogP contribution in [-0.4, -0.2) is 43.7 Å². The summed E-state index contributed by atoms with van der Waals surface area (Å²) in [6, 6.07) is 26.0. The highest BCUT2D eigenvalue weighted by atomic mass is 16.5. The molecule has 2 heterocycles. The lowest BCUT2D eigenvalue weighted by molar-refractivity contribution is 0.0664. The maximum absolute atomic E-state index is 14.8. The molecule has 0 unspecified atom stereocenters. The Balaban J connectivity index is 1.58. The topological polar surface area (TPSA) is 72.9 Å². The van der Waals surface area contributed by atoms with Gasteiger partial charge in [0.15, 0.2) is 17.3 Å². The van der Waals surface area contributed by atoms with E-state index in [0.29, 0.717) is 33.8 Å². The smallest absolute Gasteiger partial charge is 0.185 e. The van der Waals surface area contributed by atoms with Gasteiger partial charge in [-0.1, -0.05) is 84.4 Å². The minimum atomic E-state index is -1.61. The molecule has 1 aliphatic carbocycles. The van der Waals surface area contributed by atoms with Gasteiger partial charge >= 0.3 is 0 Å². The van der Waals surface area contributed by atoms with Crippen LogP contribution in [0.5, 0.6) is 11.5 Å². The number of aryl methyl sites for hydroxylation is 1. The zero-order valence-corrected chi connectivity index (χ0v) is 23.5. The Bertz CT molecular complexity index is 1770. The molecule has 42 heavy (non-hydrogen) atoms. The average Bonchev–Trinajstić information content (AvgIpc) is 3.46. The van der Waals surface area contributed by atoms with E-state index >= 15 is 0 Å². The summed E-state index contributed by atoms with van der Waals surface area (Å²) >= 11 is 0. The molecule has 1 saturated heterocycles. The number of hydrogen-bond donors (Lipinski definition) is 0. The van der Waals surface area contributed by atoms with Crippen molar-refractivity contribution in [2.75, 3.05) is 19.1 Å². The third-order valence-electron chi connectivity index (χ3n) is 9.09. The molecule has 3 aliphatic rings. The molecule has 4 aromatic rings. The molecular formula is C36H29NO5. The number of methoxy groups -OCH3 is 2. The number of benzene rings is 4. The molecule has 2 aliphatic heterocycles. The van der Waals surface area contributed by atoms with Crippen LogP contribution in [0.15, 0.2) is 97.1 Å². The van der Waals surface area contributed by atoms with Crippen LogP contribution in [0.4, 0.5) is 5.69 Å². The molecule has 1 fully saturated rings. The van der Waals surface area contributed by atoms with Gasteiger partial charge in [-0.05, 0) is 36.8 Å². The monoisotopic (exact) mass is 555 g/mol. The third kappa shape index (κ3) is 3.41. The first-order chi connectivity index (χ1) is 20.4. The lowest BCUT2D eigenvalue weighted by Crippen LogP contribution is -2.48. The summed E-state index contributed by atoms with van der Waals surface area (Å²) in [5, 5.41) is 0. The van der Waals surface area contributed by atoms with Gasteiger partial charge in [-0.2, -0.15) is 0 Å². The summed E-state index contributed by atoms with van der Waals surface area (Å²) in [5.41, 5.74) is 2.98. The van der Waals surface area contributed by atoms with Gasteiger partial charge in [0.2, 0.25) is 0 Å². The summed E-state index contributed by atoms with van der Waals surface area (Å²) < 4.78 is 11.5. The largest absolute Gasteiger partial charge is 0.497 e. The van der Waals surface area contributed by atoms with E-state index in [0.717, 1.165) is 16.8 Å². The molecular weight excluding hydrogens is 526 g/mol. The second-order valence-electron chi connectivity index (χ2n) is 11.1. The molecule has 3 atom stereocenters. The van der Waals surface area contributed by atoms with Gasteiger partial charge in [-0.3, -0.25) is 14.4 Å². The maximum Gasteiger partial charge on any atom is 0.185 e. The normalized spacial score (nSPS) is 21.2. The van der Waals surface area contributed by atoms with Crippen molar-refractivity contribution in [3.63, 3.8) is 0 Å². The van der Waals surface area contributed by atoms with Crippen molar-refractivity contribution < 1.29 is 23.9 Å². The molecule has 7 rings (SSSR count). The van der Waals surface area contributed by atoms with E-state index in [4.69, 9.17) is 9.47 Å². The highest BCUT2D eigenvalue weighted by Crippen LogP contribution is 2.62. The Morgan fingerprint density at radius 1 is 0.810 bits per heavy atom. The molecule has 0 bridgehead atoms. The van der Waals surface area contributed by atoms with Crippen molar-refractivity contribution in [3.8, 4) is 11.5 Å². The summed E-state index contributed by atoms with van der Waals surface area (Å²) in [4.78, 5) is 46.5. The van der Waals surface area contributed by atoms with Gasteiger partial charge in [-0.15, -0.1) is 0 Å². The van der Waals surface area contributed by atoms with Gasteiger partial charge < -0.3 is 14.4 Å². The predicted molar refractivity (Wildman–Crippen MR) is 161 cm³/mol. The number of carbonyl (C=O) groups excluding carboxylic acids is 3. The second-order valence-corrected chi connectivity index (χ2v) is 11.1. The lowest BCUT2D eigenvalue weighted by atomic mass is 9.64. The minimum absolute atomic E-state index is 0.173. The van der Waals surface area contributed by atoms with Crippen molar-refractivity contribution in [2.45, 2.75) is 24.9 Å². The Hall–Kier alpha value is -4.97. The first-order valence-electron chi connectivity index (χ1n) is 14.0. The van der Waals surface area contributed by atoms with E-state index in [1.807, 2.05) is 72.5 Å². The van der Waals surface area contributed by atoms with E-state index < -0.39 is 23.4 Å². The first-order valence-corrected chi connectivity index (χ1v) is 14.0. The quantitative estimate of drug-likeness (QED) is 0.212. The molecule has 1 spiro atoms. The van der Waals surface area contributed by atoms with Crippen molar-refractivity contribution in [2.24, 2.45) is 5.41 Å². The first kappa shape index (κ1) is 26.0. The number of rotatable bonds is 5. The van der Waals surface area contributed by atoms with Crippen LogP contribution >= 0.6 is 0 Å². The van der Waals surface area contributed by atoms with Crippen LogP contribution in [0.3, 0.4) is 0 Å². The molecule has 0 aromatic heterocycles. The van der Waals surface area contributed by atoms with Crippen LogP contribution in [0.1, 0.15) is 53.7 Å². The number of anilines is 1. The van der Waals surface area contributed by atoms with E-state index in [9.17, 15) is 14.4 Å². The fraction of sp³-hybridized carbons (Fsp3) is 0.194. The number of carbonyl (C=O) groups is 3. The van der Waals surface area contributed by atoms with Crippen LogP contribution in [0.25, 0.3) is 6.08 Å². The highest BCUT2D eigenvalue weighted by molar-refractivity contribution is 6.32. The molecule has 0 saturated carbocycles. The molecule has 4 aromatic carbocycles. The third-order valence-corrected chi connectivity index (χ3v) is 9.09. The fourth-order valence-corrected chi connectivity index (χ4v) is 7.23. The average molecular weight is 556 g/mol. The van der Waals surface area contributed by atoms with E-state index in [2.05, 4.69) is 0 Å². The Kier molecular flexibility index (Phi) is 5.91. The van der Waals surface area contributed by atoms with Crippen molar-refractivity contribution in [1.29, 1.82) is 0 Å². The predicted octanol–water partition coefficient (Wildman–Crippen LogP) is 6.33. The lowest BCUT2D eigenvalue weighted by Gasteiger charge is -2.37. The van der Waals surface area contributed by atoms with Crippen molar-refractivity contribution >= 4 is 29.1 Å². The standard InChI is InChI=1S/C36H29NO5/c1-21-12-14-23(15-13-21)33(38)32-31(27-20-24(41-2)17-18-29(27)42-3)36(34(39)25-9-5-6-10-26(25)35(36)40)30-19-16-22-8-4-7-11-28(22)37(30)32/h4-20,30-32H,1-3H3/t30-,31+,32-/m1/s1. The van der Waals surface area contributed by atoms with Gasteiger partial charge in [0, 0.05) is 33.9 Å². The molecule has 208 valence electrons. The number of para-hydroxylation sites is 1. The number of Topliss-reactive ketones (excluding diaryl/α,β-unsaturated/α-hetero) is 3. The van der Waals surface area contributed by atoms with E-state index in [-0.39, 0.29) is 17.3 Å². The van der Waals surface area contributed by atoms with Crippen LogP contribution in [-0.2, 0) is 0 Å². The van der Waals surface area contributed by atoms with E-state index in [1.165, 1.54) is 0 Å². The maximum atomic E-state index is 14.8. The summed E-state index contributed by atoms with van der Waals surface area (Å²) in [6.45, 7) is 1.97. The Labute approximate surface area is 244 Å². The Morgan fingerprint density at radius 2 is 1.48 bits per heavy atom. The summed E-state index contributed by atoms with van der Waals surface area (Å²) in [7, 11) is 3.12. The van der Waals surface area contributed by atoms with E-state index in [1.54, 1.807) is 56.7 Å². The van der Waals surface area contributed by atoms with Gasteiger partial charge in [0.1, 0.15) is 23.0 Å². The van der Waals surface area contributed by atoms with Crippen molar-refractivity contribution in [3.05, 3.63) is 130 Å². The number of fused-ring (bicyclic) bond motifs is 5. The molecule has 0 amide bonds. The number of ether oxygens (including phenoxy) is 2. The van der Waals surface area contributed by atoms with Crippen LogP contribution in [0.2, 0.25) is 0 Å². The fourth-order valence-electron chi connectivity index (χ4n) is 7.23. The van der Waals surface area contributed by atoms with Gasteiger partial charge in [-0.25, -0.2) is 0 Å². The highest BCUT2D eigenvalue weighted by Gasteiger charge is 2.72. The van der Waals surface area contributed by atoms with Crippen LogP contribution in [0, 0.1) is 12.3 Å². The second kappa shape index (κ2) is 9.55. The van der Waals surface area contributed by atoms with Crippen LogP contribution < -0.4 is 14.4 Å². The SMILES string of the molecule is COc1ccc(OC)c([C@H]2[C@H](C(=O)c3ccc(C)cc3)N3c4ccccc4C=C[C@@H]3C23C(=O)c2ccccc2C3=O)c1. The molecule has 0 radical (unpaired) electrons. The Morgan fingerprint density at radius 3 is 2.14 bits per heavy atom.